The Morgan fingerprint density at radius 2 is 2.42 bits per heavy atom. The van der Waals surface area contributed by atoms with Gasteiger partial charge in [-0.2, -0.15) is 0 Å². The molecule has 1 aromatic rings. The zero-order chi connectivity index (χ0) is 8.97. The monoisotopic (exact) mass is 281 g/mol. The SMILES string of the molecule is CC(C)OCc1cnnn1CI. The number of ether oxygens (including phenoxy) is 1. The predicted molar refractivity (Wildman–Crippen MR) is 54.0 cm³/mol. The molecule has 0 atom stereocenters. The van der Waals surface area contributed by atoms with E-state index < -0.39 is 0 Å². The van der Waals surface area contributed by atoms with Crippen LogP contribution in [0.4, 0.5) is 0 Å². The second-order valence-electron chi connectivity index (χ2n) is 2.70. The minimum Gasteiger partial charge on any atom is -0.372 e. The molecule has 0 amide bonds. The number of hydrogen-bond acceptors (Lipinski definition) is 3. The number of alkyl halides is 1. The largest absolute Gasteiger partial charge is 0.372 e. The van der Waals surface area contributed by atoms with Crippen molar-refractivity contribution in [3.8, 4) is 0 Å². The Labute approximate surface area is 85.4 Å². The van der Waals surface area contributed by atoms with Crippen LogP contribution in [0.25, 0.3) is 0 Å². The summed E-state index contributed by atoms with van der Waals surface area (Å²) in [6, 6.07) is 0. The molecule has 0 N–H and O–H groups in total. The van der Waals surface area contributed by atoms with E-state index in [1.165, 1.54) is 0 Å². The fraction of sp³-hybridized carbons (Fsp3) is 0.714. The molecule has 0 aliphatic rings. The summed E-state index contributed by atoms with van der Waals surface area (Å²) in [5, 5.41) is 7.69. The smallest absolute Gasteiger partial charge is 0.0945 e. The van der Waals surface area contributed by atoms with Gasteiger partial charge in [-0.05, 0) is 13.8 Å². The highest BCUT2D eigenvalue weighted by Gasteiger charge is 2.02. The summed E-state index contributed by atoms with van der Waals surface area (Å²) in [5.41, 5.74) is 1.03. The Morgan fingerprint density at radius 1 is 1.67 bits per heavy atom. The lowest BCUT2D eigenvalue weighted by atomic mass is 10.4. The quantitative estimate of drug-likeness (QED) is 0.621. The third-order valence-electron chi connectivity index (χ3n) is 1.38. The highest BCUT2D eigenvalue weighted by molar-refractivity contribution is 14.1. The molecule has 1 aromatic heterocycles. The number of rotatable bonds is 4. The zero-order valence-corrected chi connectivity index (χ0v) is 9.35. The zero-order valence-electron chi connectivity index (χ0n) is 7.20. The molecule has 1 rings (SSSR count). The van der Waals surface area contributed by atoms with E-state index in [2.05, 4.69) is 32.9 Å². The van der Waals surface area contributed by atoms with Gasteiger partial charge in [-0.1, -0.05) is 27.8 Å². The van der Waals surface area contributed by atoms with Crippen LogP contribution in [0.1, 0.15) is 19.5 Å². The van der Waals surface area contributed by atoms with E-state index in [0.29, 0.717) is 6.61 Å². The minimum absolute atomic E-state index is 0.252. The van der Waals surface area contributed by atoms with Crippen LogP contribution in [0.2, 0.25) is 0 Å². The lowest BCUT2D eigenvalue weighted by molar-refractivity contribution is 0.0617. The Hall–Kier alpha value is -0.170. The summed E-state index contributed by atoms with van der Waals surface area (Å²) < 4.78 is 8.06. The Bertz CT molecular complexity index is 236. The molecule has 0 aliphatic carbocycles. The molecule has 12 heavy (non-hydrogen) atoms. The van der Waals surface area contributed by atoms with E-state index in [4.69, 9.17) is 4.74 Å². The maximum absolute atomic E-state index is 5.42. The Morgan fingerprint density at radius 3 is 3.00 bits per heavy atom. The van der Waals surface area contributed by atoms with Crippen molar-refractivity contribution in [2.75, 3.05) is 0 Å². The van der Waals surface area contributed by atoms with Gasteiger partial charge in [0.1, 0.15) is 0 Å². The van der Waals surface area contributed by atoms with Crippen LogP contribution in [0, 0.1) is 0 Å². The van der Waals surface area contributed by atoms with Gasteiger partial charge in [-0.25, -0.2) is 4.68 Å². The average Bonchev–Trinajstić information content (AvgIpc) is 2.47. The summed E-state index contributed by atoms with van der Waals surface area (Å²) in [6.45, 7) is 4.62. The first kappa shape index (κ1) is 9.91. The average molecular weight is 281 g/mol. The van der Waals surface area contributed by atoms with Crippen molar-refractivity contribution in [3.63, 3.8) is 0 Å². The van der Waals surface area contributed by atoms with E-state index in [1.54, 1.807) is 6.20 Å². The Kier molecular flexibility index (Phi) is 3.93. The van der Waals surface area contributed by atoms with Crippen molar-refractivity contribution in [2.24, 2.45) is 0 Å². The molecular formula is C7H12IN3O. The number of aromatic nitrogens is 3. The third kappa shape index (κ3) is 2.71. The van der Waals surface area contributed by atoms with E-state index in [0.717, 1.165) is 10.2 Å². The molecule has 0 bridgehead atoms. The first-order valence-electron chi connectivity index (χ1n) is 3.79. The van der Waals surface area contributed by atoms with Crippen LogP contribution in [-0.2, 0) is 15.9 Å². The molecule has 0 aromatic carbocycles. The van der Waals surface area contributed by atoms with Gasteiger partial charge in [0, 0.05) is 0 Å². The van der Waals surface area contributed by atoms with Crippen molar-refractivity contribution in [3.05, 3.63) is 11.9 Å². The van der Waals surface area contributed by atoms with Crippen LogP contribution in [-0.4, -0.2) is 21.1 Å². The molecule has 0 radical (unpaired) electrons. The van der Waals surface area contributed by atoms with Gasteiger partial charge in [-0.3, -0.25) is 0 Å². The highest BCUT2D eigenvalue weighted by atomic mass is 127. The molecule has 0 saturated heterocycles. The number of halogens is 1. The first-order valence-corrected chi connectivity index (χ1v) is 5.31. The fourth-order valence-electron chi connectivity index (χ4n) is 0.743. The van der Waals surface area contributed by atoms with Crippen molar-refractivity contribution >= 4 is 22.6 Å². The van der Waals surface area contributed by atoms with Crippen molar-refractivity contribution in [1.29, 1.82) is 0 Å². The maximum Gasteiger partial charge on any atom is 0.0945 e. The fourth-order valence-corrected chi connectivity index (χ4v) is 1.32. The van der Waals surface area contributed by atoms with E-state index >= 15 is 0 Å². The van der Waals surface area contributed by atoms with Crippen LogP contribution in [0.15, 0.2) is 6.20 Å². The molecule has 68 valence electrons. The molecule has 0 saturated carbocycles. The van der Waals surface area contributed by atoms with E-state index in [1.807, 2.05) is 18.5 Å². The molecular weight excluding hydrogens is 269 g/mol. The molecule has 0 unspecified atom stereocenters. The van der Waals surface area contributed by atoms with Crippen LogP contribution < -0.4 is 0 Å². The molecule has 5 heteroatoms. The second-order valence-corrected chi connectivity index (χ2v) is 3.39. The summed E-state index contributed by atoms with van der Waals surface area (Å²) in [4.78, 5) is 0. The third-order valence-corrected chi connectivity index (χ3v) is 2.02. The van der Waals surface area contributed by atoms with Gasteiger partial charge in [0.25, 0.3) is 0 Å². The van der Waals surface area contributed by atoms with Gasteiger partial charge in [0.15, 0.2) is 0 Å². The molecule has 0 spiro atoms. The van der Waals surface area contributed by atoms with Crippen LogP contribution >= 0.6 is 22.6 Å². The first-order chi connectivity index (χ1) is 5.74. The summed E-state index contributed by atoms with van der Waals surface area (Å²) in [6.07, 6.45) is 1.99. The molecule has 0 aliphatic heterocycles. The molecule has 0 fully saturated rings. The van der Waals surface area contributed by atoms with Gasteiger partial charge < -0.3 is 4.74 Å². The maximum atomic E-state index is 5.42. The van der Waals surface area contributed by atoms with E-state index in [9.17, 15) is 0 Å². The van der Waals surface area contributed by atoms with Gasteiger partial charge in [-0.15, -0.1) is 5.10 Å². The van der Waals surface area contributed by atoms with Crippen molar-refractivity contribution < 1.29 is 4.74 Å². The lowest BCUT2D eigenvalue weighted by Gasteiger charge is -2.06. The van der Waals surface area contributed by atoms with Crippen molar-refractivity contribution in [1.82, 2.24) is 15.0 Å². The van der Waals surface area contributed by atoms with E-state index in [-0.39, 0.29) is 6.10 Å². The summed E-state index contributed by atoms with van der Waals surface area (Å²) in [7, 11) is 0. The number of nitrogens with zero attached hydrogens (tertiary/aromatic N) is 3. The van der Waals surface area contributed by atoms with Crippen molar-refractivity contribution in [2.45, 2.75) is 31.1 Å². The number of hydrogen-bond donors (Lipinski definition) is 0. The van der Waals surface area contributed by atoms with Gasteiger partial charge in [0.05, 0.1) is 29.2 Å². The summed E-state index contributed by atoms with van der Waals surface area (Å²) in [5.74, 6) is 0. The topological polar surface area (TPSA) is 39.9 Å². The van der Waals surface area contributed by atoms with Crippen LogP contribution in [0.5, 0.6) is 0 Å². The molecule has 1 heterocycles. The van der Waals surface area contributed by atoms with Crippen LogP contribution in [0.3, 0.4) is 0 Å². The standard InChI is InChI=1S/C7H12IN3O/c1-6(2)12-4-7-3-9-10-11(7)5-8/h3,6H,4-5H2,1-2H3. The predicted octanol–water partition coefficient (Wildman–Crippen LogP) is 1.60. The second kappa shape index (κ2) is 4.76. The van der Waals surface area contributed by atoms with Gasteiger partial charge in [0.2, 0.25) is 0 Å². The summed E-state index contributed by atoms with van der Waals surface area (Å²) >= 11 is 2.24. The Balaban J connectivity index is 2.50. The normalized spacial score (nSPS) is 11.0. The highest BCUT2D eigenvalue weighted by Crippen LogP contribution is 2.03. The van der Waals surface area contributed by atoms with Gasteiger partial charge >= 0.3 is 0 Å². The molecule has 4 nitrogen and oxygen atoms in total. The lowest BCUT2D eigenvalue weighted by Crippen LogP contribution is -2.07. The minimum atomic E-state index is 0.252.